The summed E-state index contributed by atoms with van der Waals surface area (Å²) in [5.41, 5.74) is 1.57. The molecule has 1 aromatic heterocycles. The van der Waals surface area contributed by atoms with Crippen LogP contribution in [-0.4, -0.2) is 46.2 Å². The lowest BCUT2D eigenvalue weighted by Gasteiger charge is -2.19. The third-order valence-corrected chi connectivity index (χ3v) is 4.33. The summed E-state index contributed by atoms with van der Waals surface area (Å²) < 4.78 is 27.0. The van der Waals surface area contributed by atoms with Gasteiger partial charge in [0, 0.05) is 18.0 Å². The van der Waals surface area contributed by atoms with Gasteiger partial charge in [-0.25, -0.2) is 9.37 Å². The van der Waals surface area contributed by atoms with Gasteiger partial charge in [-0.15, -0.1) is 0 Å². The van der Waals surface area contributed by atoms with Crippen molar-refractivity contribution in [2.24, 2.45) is 0 Å². The van der Waals surface area contributed by atoms with Crippen LogP contribution in [0.2, 0.25) is 0 Å². The van der Waals surface area contributed by atoms with Gasteiger partial charge in [0.15, 0.2) is 0 Å². The van der Waals surface area contributed by atoms with Gasteiger partial charge in [-0.2, -0.15) is 0 Å². The number of aliphatic hydroxyl groups excluding tert-OH is 1. The molecule has 4 rings (SSSR count). The van der Waals surface area contributed by atoms with E-state index in [1.165, 1.54) is 12.1 Å². The molecule has 1 aromatic carbocycles. The number of aliphatic hydroxyl groups is 1. The molecule has 1 N–H and O–H groups in total. The number of ether oxygens (including phenoxy) is 2. The highest BCUT2D eigenvalue weighted by atomic mass is 19.1. The van der Waals surface area contributed by atoms with E-state index in [0.29, 0.717) is 12.4 Å². The van der Waals surface area contributed by atoms with Crippen LogP contribution in [0, 0.1) is 12.7 Å². The predicted octanol–water partition coefficient (Wildman–Crippen LogP) is 1.70. The molecule has 0 radical (unpaired) electrons. The van der Waals surface area contributed by atoms with E-state index in [1.807, 2.05) is 23.8 Å². The maximum absolute atomic E-state index is 13.7. The van der Waals surface area contributed by atoms with E-state index in [2.05, 4.69) is 4.98 Å². The minimum Gasteiger partial charge on any atom is -0.388 e. The Bertz CT molecular complexity index is 682. The third-order valence-electron chi connectivity index (χ3n) is 4.33. The molecule has 0 spiro atoms. The van der Waals surface area contributed by atoms with Gasteiger partial charge >= 0.3 is 0 Å². The maximum Gasteiger partial charge on any atom is 0.140 e. The lowest BCUT2D eigenvalue weighted by molar-refractivity contribution is 0.0172. The van der Waals surface area contributed by atoms with Gasteiger partial charge < -0.3 is 19.1 Å². The van der Waals surface area contributed by atoms with Crippen molar-refractivity contribution in [1.29, 1.82) is 0 Å². The Hall–Kier alpha value is -1.76. The molecule has 0 saturated carbocycles. The number of aryl methyl sites for hydroxylation is 1. The molecule has 0 aliphatic carbocycles. The zero-order chi connectivity index (χ0) is 15.3. The second-order valence-electron chi connectivity index (χ2n) is 5.91. The van der Waals surface area contributed by atoms with Gasteiger partial charge in [0.05, 0.1) is 19.3 Å². The molecule has 2 aromatic rings. The second kappa shape index (κ2) is 5.15. The maximum atomic E-state index is 13.7. The van der Waals surface area contributed by atoms with Gasteiger partial charge in [0.25, 0.3) is 0 Å². The minimum absolute atomic E-state index is 0.0665. The van der Waals surface area contributed by atoms with E-state index in [9.17, 15) is 9.50 Å². The number of fused-ring (bicyclic) bond motifs is 1. The number of benzene rings is 1. The van der Waals surface area contributed by atoms with Crippen LogP contribution in [0.1, 0.15) is 11.6 Å². The molecule has 2 aliphatic heterocycles. The van der Waals surface area contributed by atoms with Gasteiger partial charge in [-0.1, -0.05) is 0 Å². The van der Waals surface area contributed by atoms with E-state index in [4.69, 9.17) is 9.47 Å². The van der Waals surface area contributed by atoms with Crippen LogP contribution in [-0.2, 0) is 9.47 Å². The van der Waals surface area contributed by atoms with Crippen molar-refractivity contribution in [3.05, 3.63) is 42.0 Å². The highest BCUT2D eigenvalue weighted by Crippen LogP contribution is 2.36. The van der Waals surface area contributed by atoms with Crippen molar-refractivity contribution in [1.82, 2.24) is 9.55 Å². The quantitative estimate of drug-likeness (QED) is 0.917. The zero-order valence-corrected chi connectivity index (χ0v) is 12.1. The molecule has 4 atom stereocenters. The van der Waals surface area contributed by atoms with Crippen LogP contribution < -0.4 is 0 Å². The number of hydrogen-bond acceptors (Lipinski definition) is 4. The number of aromatic nitrogens is 2. The van der Waals surface area contributed by atoms with Crippen molar-refractivity contribution in [3.63, 3.8) is 0 Å². The number of nitrogens with zero attached hydrogens (tertiary/aromatic N) is 2. The predicted molar refractivity (Wildman–Crippen MR) is 76.9 cm³/mol. The Morgan fingerprint density at radius 3 is 2.86 bits per heavy atom. The van der Waals surface area contributed by atoms with Crippen molar-refractivity contribution in [2.45, 2.75) is 31.3 Å². The topological polar surface area (TPSA) is 56.5 Å². The first-order chi connectivity index (χ1) is 10.6. The molecule has 2 saturated heterocycles. The number of hydrogen-bond donors (Lipinski definition) is 1. The molecule has 116 valence electrons. The summed E-state index contributed by atoms with van der Waals surface area (Å²) in [6.45, 7) is 2.59. The number of imidazole rings is 1. The first-order valence-electron chi connectivity index (χ1n) is 7.35. The lowest BCUT2D eigenvalue weighted by atomic mass is 10.1. The molecular formula is C16H17FN2O3. The molecule has 5 nitrogen and oxygen atoms in total. The van der Waals surface area contributed by atoms with E-state index in [0.717, 1.165) is 11.1 Å². The molecule has 2 fully saturated rings. The highest BCUT2D eigenvalue weighted by molar-refractivity contribution is 5.57. The zero-order valence-electron chi connectivity index (χ0n) is 12.1. The normalized spacial score (nSPS) is 30.7. The van der Waals surface area contributed by atoms with E-state index >= 15 is 0 Å². The molecular weight excluding hydrogens is 287 g/mol. The molecule has 22 heavy (non-hydrogen) atoms. The minimum atomic E-state index is -0.585. The van der Waals surface area contributed by atoms with Crippen LogP contribution in [0.4, 0.5) is 4.39 Å². The molecule has 2 aliphatic rings. The van der Waals surface area contributed by atoms with E-state index < -0.39 is 6.10 Å². The Balaban J connectivity index is 1.71. The van der Waals surface area contributed by atoms with E-state index in [1.54, 1.807) is 6.20 Å². The van der Waals surface area contributed by atoms with Crippen LogP contribution in [0.3, 0.4) is 0 Å². The lowest BCUT2D eigenvalue weighted by Crippen LogP contribution is -2.30. The first kappa shape index (κ1) is 13.9. The second-order valence-corrected chi connectivity index (χ2v) is 5.91. The van der Waals surface area contributed by atoms with Crippen molar-refractivity contribution in [3.8, 4) is 11.4 Å². The standard InChI is InChI=1S/C16H17FN2O3/c1-9-4-10(6-11(17)5-9)16-18-2-3-19(16)12-7-21-15-13(20)8-22-14(12)15/h2-6,12-15,20H,7-8H2,1H3/t12-,13-,14-,15-/m1/s1. The van der Waals surface area contributed by atoms with E-state index in [-0.39, 0.29) is 30.7 Å². The van der Waals surface area contributed by atoms with Crippen LogP contribution in [0.25, 0.3) is 11.4 Å². The third kappa shape index (κ3) is 2.15. The molecule has 3 heterocycles. The number of halogens is 1. The van der Waals surface area contributed by atoms with Crippen LogP contribution >= 0.6 is 0 Å². The Morgan fingerprint density at radius 2 is 2.05 bits per heavy atom. The SMILES string of the molecule is Cc1cc(F)cc(-c2nccn2[C@@H]2CO[C@H]3[C@@H]2OC[C@H]3O)c1. The van der Waals surface area contributed by atoms with Crippen molar-refractivity contribution in [2.75, 3.05) is 13.2 Å². The van der Waals surface area contributed by atoms with Gasteiger partial charge in [0.1, 0.15) is 30.0 Å². The molecule has 0 amide bonds. The molecule has 0 unspecified atom stereocenters. The summed E-state index contributed by atoms with van der Waals surface area (Å²) in [6.07, 6.45) is 2.46. The smallest absolute Gasteiger partial charge is 0.140 e. The summed E-state index contributed by atoms with van der Waals surface area (Å²) >= 11 is 0. The fourth-order valence-corrected chi connectivity index (χ4v) is 3.37. The largest absolute Gasteiger partial charge is 0.388 e. The fraction of sp³-hybridized carbons (Fsp3) is 0.438. The van der Waals surface area contributed by atoms with Crippen LogP contribution in [0.5, 0.6) is 0 Å². The summed E-state index contributed by atoms with van der Waals surface area (Å²) in [4.78, 5) is 4.37. The highest BCUT2D eigenvalue weighted by Gasteiger charge is 2.48. The van der Waals surface area contributed by atoms with Crippen molar-refractivity contribution < 1.29 is 19.0 Å². The average molecular weight is 304 g/mol. The summed E-state index contributed by atoms with van der Waals surface area (Å²) in [5.74, 6) is 0.402. The Kier molecular flexibility index (Phi) is 3.25. The van der Waals surface area contributed by atoms with Crippen molar-refractivity contribution >= 4 is 0 Å². The monoisotopic (exact) mass is 304 g/mol. The molecule has 0 bridgehead atoms. The van der Waals surface area contributed by atoms with Gasteiger partial charge in [-0.05, 0) is 30.7 Å². The van der Waals surface area contributed by atoms with Gasteiger partial charge in [0.2, 0.25) is 0 Å². The number of rotatable bonds is 2. The molecule has 6 heteroatoms. The summed E-state index contributed by atoms with van der Waals surface area (Å²) in [7, 11) is 0. The summed E-state index contributed by atoms with van der Waals surface area (Å²) in [5, 5.41) is 9.85. The Morgan fingerprint density at radius 1 is 1.23 bits per heavy atom. The Labute approximate surface area is 127 Å². The first-order valence-corrected chi connectivity index (χ1v) is 7.35. The van der Waals surface area contributed by atoms with Crippen LogP contribution in [0.15, 0.2) is 30.6 Å². The summed E-state index contributed by atoms with van der Waals surface area (Å²) in [6, 6.07) is 4.80. The fourth-order valence-electron chi connectivity index (χ4n) is 3.37. The average Bonchev–Trinajstić information content (AvgIpc) is 3.15. The van der Waals surface area contributed by atoms with Gasteiger partial charge in [-0.3, -0.25) is 0 Å².